The van der Waals surface area contributed by atoms with Crippen molar-refractivity contribution in [3.63, 3.8) is 0 Å². The predicted molar refractivity (Wildman–Crippen MR) is 95.6 cm³/mol. The average molecular weight is 343 g/mol. The molecule has 0 radical (unpaired) electrons. The predicted octanol–water partition coefficient (Wildman–Crippen LogP) is 2.40. The van der Waals surface area contributed by atoms with E-state index in [1.807, 2.05) is 35.7 Å². The molecule has 4 rings (SSSR count). The zero-order valence-electron chi connectivity index (χ0n) is 14.0. The first-order valence-corrected chi connectivity index (χ1v) is 9.32. The number of nitrogens with zero attached hydrogens (tertiary/aromatic N) is 5. The summed E-state index contributed by atoms with van der Waals surface area (Å²) in [6.07, 6.45) is 0.233. The van der Waals surface area contributed by atoms with Crippen LogP contribution in [0.15, 0.2) is 29.4 Å². The van der Waals surface area contributed by atoms with E-state index >= 15 is 0 Å². The van der Waals surface area contributed by atoms with Gasteiger partial charge in [-0.15, -0.1) is 5.10 Å². The number of para-hydroxylation sites is 1. The van der Waals surface area contributed by atoms with E-state index in [1.54, 1.807) is 11.8 Å². The second-order valence-corrected chi connectivity index (χ2v) is 6.99. The van der Waals surface area contributed by atoms with Crippen LogP contribution in [0.1, 0.15) is 12.7 Å². The fourth-order valence-corrected chi connectivity index (χ4v) is 4.01. The van der Waals surface area contributed by atoms with Crippen molar-refractivity contribution in [2.75, 3.05) is 32.0 Å². The lowest BCUT2D eigenvalue weighted by Crippen LogP contribution is -2.43. The number of aromatic nitrogens is 4. The van der Waals surface area contributed by atoms with Gasteiger partial charge in [-0.25, -0.2) is 9.97 Å². The van der Waals surface area contributed by atoms with Crippen LogP contribution in [0.4, 0.5) is 0 Å². The highest BCUT2D eigenvalue weighted by Gasteiger charge is 2.21. The minimum atomic E-state index is 0.233. The first-order chi connectivity index (χ1) is 11.7. The highest BCUT2D eigenvalue weighted by molar-refractivity contribution is 7.99. The van der Waals surface area contributed by atoms with E-state index in [0.717, 1.165) is 59.5 Å². The number of fused-ring (bicyclic) bond motifs is 3. The Morgan fingerprint density at radius 3 is 3.04 bits per heavy atom. The molecule has 24 heavy (non-hydrogen) atoms. The van der Waals surface area contributed by atoms with Gasteiger partial charge >= 0.3 is 0 Å². The fraction of sp³-hybridized carbons (Fsp3) is 0.471. The number of morpholine rings is 1. The third kappa shape index (κ3) is 2.99. The van der Waals surface area contributed by atoms with E-state index in [0.29, 0.717) is 0 Å². The van der Waals surface area contributed by atoms with E-state index < -0.39 is 0 Å². The van der Waals surface area contributed by atoms with E-state index in [9.17, 15) is 0 Å². The topological polar surface area (TPSA) is 55.5 Å². The van der Waals surface area contributed by atoms with E-state index in [2.05, 4.69) is 21.9 Å². The number of thioether (sulfide) groups is 1. The molecule has 0 bridgehead atoms. The molecule has 2 aromatic heterocycles. The zero-order chi connectivity index (χ0) is 16.5. The number of hydrogen-bond acceptors (Lipinski definition) is 6. The molecule has 1 aliphatic rings. The van der Waals surface area contributed by atoms with Crippen molar-refractivity contribution in [1.82, 2.24) is 24.5 Å². The van der Waals surface area contributed by atoms with Gasteiger partial charge in [-0.2, -0.15) is 4.52 Å². The number of rotatable bonds is 4. The fourth-order valence-electron chi connectivity index (χ4n) is 3.06. The molecule has 0 unspecified atom stereocenters. The molecule has 1 saturated heterocycles. The van der Waals surface area contributed by atoms with Gasteiger partial charge in [0.05, 0.1) is 18.2 Å². The van der Waals surface area contributed by atoms with Gasteiger partial charge in [0.2, 0.25) is 0 Å². The minimum Gasteiger partial charge on any atom is -0.375 e. The summed E-state index contributed by atoms with van der Waals surface area (Å²) in [6, 6.07) is 8.09. The van der Waals surface area contributed by atoms with Crippen LogP contribution < -0.4 is 0 Å². The summed E-state index contributed by atoms with van der Waals surface area (Å²) in [6.45, 7) is 8.00. The van der Waals surface area contributed by atoms with Crippen molar-refractivity contribution in [3.05, 3.63) is 30.1 Å². The third-order valence-corrected chi connectivity index (χ3v) is 5.38. The molecule has 1 aromatic carbocycles. The Bertz CT molecular complexity index is 865. The van der Waals surface area contributed by atoms with Crippen molar-refractivity contribution in [1.29, 1.82) is 0 Å². The van der Waals surface area contributed by atoms with E-state index in [-0.39, 0.29) is 6.10 Å². The van der Waals surface area contributed by atoms with Gasteiger partial charge < -0.3 is 4.74 Å². The molecular weight excluding hydrogens is 322 g/mol. The quantitative estimate of drug-likeness (QED) is 0.536. The Morgan fingerprint density at radius 1 is 1.29 bits per heavy atom. The lowest BCUT2D eigenvalue weighted by Gasteiger charge is -2.31. The molecule has 1 fully saturated rings. The summed E-state index contributed by atoms with van der Waals surface area (Å²) < 4.78 is 7.76. The Morgan fingerprint density at radius 2 is 2.17 bits per heavy atom. The van der Waals surface area contributed by atoms with Crippen LogP contribution >= 0.6 is 11.8 Å². The summed E-state index contributed by atoms with van der Waals surface area (Å²) in [5, 5.41) is 6.44. The lowest BCUT2D eigenvalue weighted by atomic mass is 10.2. The second-order valence-electron chi connectivity index (χ2n) is 6.00. The Hall–Kier alpha value is -1.70. The highest BCUT2D eigenvalue weighted by Crippen LogP contribution is 2.25. The number of ether oxygens (including phenoxy) is 1. The Labute approximate surface area is 145 Å². The van der Waals surface area contributed by atoms with Crippen molar-refractivity contribution in [3.8, 4) is 0 Å². The molecule has 1 aliphatic heterocycles. The largest absolute Gasteiger partial charge is 0.375 e. The first-order valence-electron chi connectivity index (χ1n) is 8.33. The van der Waals surface area contributed by atoms with Gasteiger partial charge in [-0.05, 0) is 25.6 Å². The Balaban J connectivity index is 1.63. The number of benzene rings is 1. The van der Waals surface area contributed by atoms with Crippen LogP contribution in [-0.4, -0.2) is 62.6 Å². The summed E-state index contributed by atoms with van der Waals surface area (Å²) >= 11 is 1.69. The molecule has 3 aromatic rings. The number of aryl methyl sites for hydroxylation is 1. The molecular formula is C17H21N5OS. The van der Waals surface area contributed by atoms with Crippen molar-refractivity contribution >= 4 is 28.3 Å². The molecule has 0 amide bonds. The van der Waals surface area contributed by atoms with Crippen molar-refractivity contribution in [2.24, 2.45) is 0 Å². The van der Waals surface area contributed by atoms with Crippen LogP contribution in [0.2, 0.25) is 0 Å². The van der Waals surface area contributed by atoms with Crippen LogP contribution in [0.3, 0.4) is 0 Å². The van der Waals surface area contributed by atoms with Crippen LogP contribution in [-0.2, 0) is 4.74 Å². The molecule has 0 aliphatic carbocycles. The summed E-state index contributed by atoms with van der Waals surface area (Å²) in [5.41, 5.74) is 1.83. The third-order valence-electron chi connectivity index (χ3n) is 4.32. The van der Waals surface area contributed by atoms with Crippen molar-refractivity contribution < 1.29 is 4.74 Å². The summed E-state index contributed by atoms with van der Waals surface area (Å²) in [7, 11) is 0. The molecule has 1 atom stereocenters. The van der Waals surface area contributed by atoms with Gasteiger partial charge in [-0.1, -0.05) is 30.8 Å². The van der Waals surface area contributed by atoms with Crippen molar-refractivity contribution in [2.45, 2.75) is 25.1 Å². The van der Waals surface area contributed by atoms with Gasteiger partial charge in [-0.3, -0.25) is 4.90 Å². The molecule has 0 spiro atoms. The van der Waals surface area contributed by atoms with E-state index in [4.69, 9.17) is 9.72 Å². The second kappa shape index (κ2) is 6.66. The maximum atomic E-state index is 5.90. The van der Waals surface area contributed by atoms with Gasteiger partial charge in [0.15, 0.2) is 10.8 Å². The minimum absolute atomic E-state index is 0.233. The molecule has 0 N–H and O–H groups in total. The lowest BCUT2D eigenvalue weighted by molar-refractivity contribution is -0.0137. The van der Waals surface area contributed by atoms with Gasteiger partial charge in [0.25, 0.3) is 0 Å². The molecule has 0 saturated carbocycles. The molecule has 7 heteroatoms. The number of hydrogen-bond donors (Lipinski definition) is 0. The highest BCUT2D eigenvalue weighted by atomic mass is 32.2. The molecule has 6 nitrogen and oxygen atoms in total. The van der Waals surface area contributed by atoms with Crippen LogP contribution in [0.5, 0.6) is 0 Å². The maximum Gasteiger partial charge on any atom is 0.191 e. The van der Waals surface area contributed by atoms with Crippen LogP contribution in [0.25, 0.3) is 16.6 Å². The molecule has 3 heterocycles. The SMILES string of the molecule is CCN1CCO[C@@H](CSc2nc3ccccc3c3nc(C)nn23)C1. The normalized spacial score (nSPS) is 19.3. The summed E-state index contributed by atoms with van der Waals surface area (Å²) in [4.78, 5) is 11.8. The molecule has 126 valence electrons. The standard InChI is InChI=1S/C17H21N5OS/c1-3-21-8-9-23-13(10-21)11-24-17-19-15-7-5-4-6-14(15)16-18-12(2)20-22(16)17/h4-7,13H,3,8-11H2,1-2H3/t13-/m1/s1. The van der Waals surface area contributed by atoms with Gasteiger partial charge in [0.1, 0.15) is 5.82 Å². The Kier molecular flexibility index (Phi) is 4.39. The zero-order valence-corrected chi connectivity index (χ0v) is 14.8. The monoisotopic (exact) mass is 343 g/mol. The van der Waals surface area contributed by atoms with Crippen LogP contribution in [0, 0.1) is 6.92 Å². The number of likely N-dealkylation sites (N-methyl/N-ethyl adjacent to an activating group) is 1. The average Bonchev–Trinajstić information content (AvgIpc) is 3.02. The first kappa shape index (κ1) is 15.8. The van der Waals surface area contributed by atoms with E-state index in [1.165, 1.54) is 0 Å². The maximum absolute atomic E-state index is 5.90. The smallest absolute Gasteiger partial charge is 0.191 e. The summed E-state index contributed by atoms with van der Waals surface area (Å²) in [5.74, 6) is 1.64. The van der Waals surface area contributed by atoms with Gasteiger partial charge in [0, 0.05) is 24.2 Å².